The van der Waals surface area contributed by atoms with Crippen molar-refractivity contribution in [3.63, 3.8) is 0 Å². The molecule has 0 radical (unpaired) electrons. The molecule has 1 aromatic carbocycles. The van der Waals surface area contributed by atoms with Crippen LogP contribution in [0.5, 0.6) is 0 Å². The molecule has 0 fully saturated rings. The molecule has 0 bridgehead atoms. The SMILES string of the molecule is Cn1ccnc1C(NC(=O)NCCCO)c1ccc(Cl)cc1. The molecule has 2 rings (SSSR count). The highest BCUT2D eigenvalue weighted by Crippen LogP contribution is 2.22. The summed E-state index contributed by atoms with van der Waals surface area (Å²) in [6, 6.07) is 6.57. The van der Waals surface area contributed by atoms with Gasteiger partial charge in [0, 0.05) is 37.6 Å². The van der Waals surface area contributed by atoms with E-state index >= 15 is 0 Å². The molecule has 0 spiro atoms. The van der Waals surface area contributed by atoms with Gasteiger partial charge in [-0.2, -0.15) is 0 Å². The molecule has 1 aromatic heterocycles. The molecule has 118 valence electrons. The number of hydrogen-bond donors (Lipinski definition) is 3. The number of amides is 2. The predicted molar refractivity (Wildman–Crippen MR) is 84.7 cm³/mol. The minimum atomic E-state index is -0.383. The van der Waals surface area contributed by atoms with Crippen molar-refractivity contribution in [3.8, 4) is 0 Å². The number of nitrogens with zero attached hydrogens (tertiary/aromatic N) is 2. The summed E-state index contributed by atoms with van der Waals surface area (Å²) >= 11 is 5.92. The third-order valence-corrected chi connectivity index (χ3v) is 3.47. The summed E-state index contributed by atoms with van der Waals surface area (Å²) in [7, 11) is 1.87. The van der Waals surface area contributed by atoms with Crippen molar-refractivity contribution in [2.24, 2.45) is 7.05 Å². The fraction of sp³-hybridized carbons (Fsp3) is 0.333. The van der Waals surface area contributed by atoms with E-state index in [4.69, 9.17) is 16.7 Å². The Balaban J connectivity index is 2.17. The van der Waals surface area contributed by atoms with E-state index in [1.54, 1.807) is 18.3 Å². The first kappa shape index (κ1) is 16.3. The van der Waals surface area contributed by atoms with Crippen molar-refractivity contribution in [1.29, 1.82) is 0 Å². The van der Waals surface area contributed by atoms with Crippen LogP contribution in [0.15, 0.2) is 36.7 Å². The van der Waals surface area contributed by atoms with E-state index in [1.807, 2.05) is 29.9 Å². The van der Waals surface area contributed by atoms with Crippen LogP contribution in [0.4, 0.5) is 4.79 Å². The van der Waals surface area contributed by atoms with Crippen molar-refractivity contribution in [3.05, 3.63) is 53.1 Å². The van der Waals surface area contributed by atoms with Crippen molar-refractivity contribution < 1.29 is 9.90 Å². The van der Waals surface area contributed by atoms with Crippen LogP contribution in [-0.2, 0) is 7.05 Å². The lowest BCUT2D eigenvalue weighted by Gasteiger charge is -2.19. The number of hydrogen-bond acceptors (Lipinski definition) is 3. The average Bonchev–Trinajstić information content (AvgIpc) is 2.92. The van der Waals surface area contributed by atoms with Gasteiger partial charge >= 0.3 is 6.03 Å². The number of aliphatic hydroxyl groups excluding tert-OH is 1. The smallest absolute Gasteiger partial charge is 0.315 e. The molecule has 0 saturated carbocycles. The van der Waals surface area contributed by atoms with Crippen LogP contribution in [0.2, 0.25) is 5.02 Å². The number of halogens is 1. The second-order valence-electron chi connectivity index (χ2n) is 4.86. The highest BCUT2D eigenvalue weighted by molar-refractivity contribution is 6.30. The molecule has 0 aliphatic rings. The molecule has 6 nitrogen and oxygen atoms in total. The fourth-order valence-corrected chi connectivity index (χ4v) is 2.20. The summed E-state index contributed by atoms with van der Waals surface area (Å²) in [6.07, 6.45) is 4.02. The minimum Gasteiger partial charge on any atom is -0.396 e. The third-order valence-electron chi connectivity index (χ3n) is 3.22. The Kier molecular flexibility index (Phi) is 5.80. The Morgan fingerprint density at radius 2 is 2.14 bits per heavy atom. The zero-order valence-electron chi connectivity index (χ0n) is 12.3. The topological polar surface area (TPSA) is 79.2 Å². The van der Waals surface area contributed by atoms with Gasteiger partial charge in [0.15, 0.2) is 0 Å². The minimum absolute atomic E-state index is 0.0419. The van der Waals surface area contributed by atoms with Crippen LogP contribution < -0.4 is 10.6 Å². The molecular weight excluding hydrogens is 304 g/mol. The average molecular weight is 323 g/mol. The van der Waals surface area contributed by atoms with Gasteiger partial charge in [0.1, 0.15) is 11.9 Å². The monoisotopic (exact) mass is 322 g/mol. The molecular formula is C15H19ClN4O2. The van der Waals surface area contributed by atoms with Crippen LogP contribution in [0.25, 0.3) is 0 Å². The van der Waals surface area contributed by atoms with E-state index in [0.29, 0.717) is 18.0 Å². The Morgan fingerprint density at radius 1 is 1.41 bits per heavy atom. The number of imidazole rings is 1. The number of rotatable bonds is 6. The lowest BCUT2D eigenvalue weighted by Crippen LogP contribution is -2.39. The van der Waals surface area contributed by atoms with Crippen LogP contribution in [0.1, 0.15) is 23.9 Å². The first-order valence-corrected chi connectivity index (χ1v) is 7.37. The van der Waals surface area contributed by atoms with Gasteiger partial charge in [0.2, 0.25) is 0 Å². The first-order chi connectivity index (χ1) is 10.6. The normalized spacial score (nSPS) is 12.0. The third kappa shape index (κ3) is 4.22. The fourth-order valence-electron chi connectivity index (χ4n) is 2.07. The molecule has 0 aliphatic heterocycles. The van der Waals surface area contributed by atoms with E-state index < -0.39 is 0 Å². The van der Waals surface area contributed by atoms with Crippen LogP contribution in [-0.4, -0.2) is 33.8 Å². The maximum absolute atomic E-state index is 12.0. The summed E-state index contributed by atoms with van der Waals surface area (Å²) in [4.78, 5) is 16.3. The maximum atomic E-state index is 12.0. The molecule has 1 heterocycles. The second kappa shape index (κ2) is 7.82. The molecule has 0 saturated heterocycles. The number of urea groups is 1. The van der Waals surface area contributed by atoms with Gasteiger partial charge in [-0.25, -0.2) is 9.78 Å². The number of benzene rings is 1. The van der Waals surface area contributed by atoms with Crippen LogP contribution in [0.3, 0.4) is 0 Å². The van der Waals surface area contributed by atoms with E-state index in [2.05, 4.69) is 15.6 Å². The van der Waals surface area contributed by atoms with Crippen molar-refractivity contribution in [2.75, 3.05) is 13.2 Å². The van der Waals surface area contributed by atoms with Crippen molar-refractivity contribution in [2.45, 2.75) is 12.5 Å². The van der Waals surface area contributed by atoms with Gasteiger partial charge < -0.3 is 20.3 Å². The summed E-state index contributed by atoms with van der Waals surface area (Å²) in [5, 5.41) is 15.0. The molecule has 2 amide bonds. The molecule has 7 heteroatoms. The molecule has 1 unspecified atom stereocenters. The first-order valence-electron chi connectivity index (χ1n) is 6.99. The lowest BCUT2D eigenvalue weighted by molar-refractivity contribution is 0.235. The predicted octanol–water partition coefficient (Wildman–Crippen LogP) is 1.84. The molecule has 3 N–H and O–H groups in total. The highest BCUT2D eigenvalue weighted by Gasteiger charge is 2.20. The van der Waals surface area contributed by atoms with E-state index in [-0.39, 0.29) is 18.7 Å². The van der Waals surface area contributed by atoms with Gasteiger partial charge in [0.05, 0.1) is 0 Å². The zero-order chi connectivity index (χ0) is 15.9. The van der Waals surface area contributed by atoms with Crippen LogP contribution in [0, 0.1) is 0 Å². The van der Waals surface area contributed by atoms with Crippen molar-refractivity contribution >= 4 is 17.6 Å². The van der Waals surface area contributed by atoms with E-state index in [9.17, 15) is 4.79 Å². The number of nitrogens with one attached hydrogen (secondary N) is 2. The Morgan fingerprint density at radius 3 is 2.73 bits per heavy atom. The van der Waals surface area contributed by atoms with Gasteiger partial charge in [-0.1, -0.05) is 23.7 Å². The summed E-state index contributed by atoms with van der Waals surface area (Å²) in [5.41, 5.74) is 0.885. The number of aliphatic hydroxyl groups is 1. The Bertz CT molecular complexity index is 612. The largest absolute Gasteiger partial charge is 0.396 e. The van der Waals surface area contributed by atoms with E-state index in [0.717, 1.165) is 11.4 Å². The summed E-state index contributed by atoms with van der Waals surface area (Å²) in [5.74, 6) is 0.722. The summed E-state index contributed by atoms with van der Waals surface area (Å²) < 4.78 is 1.85. The van der Waals surface area contributed by atoms with Gasteiger partial charge in [-0.3, -0.25) is 0 Å². The van der Waals surface area contributed by atoms with Gasteiger partial charge in [-0.05, 0) is 24.1 Å². The Labute approximate surface area is 134 Å². The van der Waals surface area contributed by atoms with Gasteiger partial charge in [0.25, 0.3) is 0 Å². The van der Waals surface area contributed by atoms with E-state index in [1.165, 1.54) is 0 Å². The number of aromatic nitrogens is 2. The van der Waals surface area contributed by atoms with Crippen LogP contribution >= 0.6 is 11.6 Å². The number of carbonyl (C=O) groups is 1. The Hall–Kier alpha value is -2.05. The second-order valence-corrected chi connectivity index (χ2v) is 5.29. The van der Waals surface area contributed by atoms with Crippen molar-refractivity contribution in [1.82, 2.24) is 20.2 Å². The van der Waals surface area contributed by atoms with Gasteiger partial charge in [-0.15, -0.1) is 0 Å². The molecule has 2 aromatic rings. The standard InChI is InChI=1S/C15H19ClN4O2/c1-20-9-8-17-14(20)13(11-3-5-12(16)6-4-11)19-15(22)18-7-2-10-21/h3-6,8-9,13,21H,2,7,10H2,1H3,(H2,18,19,22). The maximum Gasteiger partial charge on any atom is 0.315 e. The quantitative estimate of drug-likeness (QED) is 0.710. The number of carbonyl (C=O) groups excluding carboxylic acids is 1. The highest BCUT2D eigenvalue weighted by atomic mass is 35.5. The molecule has 22 heavy (non-hydrogen) atoms. The zero-order valence-corrected chi connectivity index (χ0v) is 13.0. The lowest BCUT2D eigenvalue weighted by atomic mass is 10.1. The number of aryl methyl sites for hydroxylation is 1. The summed E-state index contributed by atoms with van der Waals surface area (Å²) in [6.45, 7) is 0.455. The molecule has 0 aliphatic carbocycles. The molecule has 1 atom stereocenters.